The van der Waals surface area contributed by atoms with Gasteiger partial charge in [-0.3, -0.25) is 14.5 Å². The van der Waals surface area contributed by atoms with Crippen molar-refractivity contribution in [1.29, 1.82) is 0 Å². The number of carbonyl (C=O) groups is 2. The van der Waals surface area contributed by atoms with Gasteiger partial charge in [0.25, 0.3) is 11.8 Å². The average Bonchev–Trinajstić information content (AvgIpc) is 2.85. The number of halogens is 4. The Kier molecular flexibility index (Phi) is 9.52. The molecule has 2 fully saturated rings. The van der Waals surface area contributed by atoms with Crippen molar-refractivity contribution in [1.82, 2.24) is 14.7 Å². The molecule has 0 aliphatic carbocycles. The first kappa shape index (κ1) is 31.1. The molecule has 4 rings (SSSR count). The minimum absolute atomic E-state index is 0. The third kappa shape index (κ3) is 6.82. The Morgan fingerprint density at radius 1 is 1.05 bits per heavy atom. The zero-order valence-electron chi connectivity index (χ0n) is 22.0. The van der Waals surface area contributed by atoms with Crippen LogP contribution in [0.1, 0.15) is 41.3 Å². The van der Waals surface area contributed by atoms with Crippen LogP contribution >= 0.6 is 25.1 Å². The van der Waals surface area contributed by atoms with Gasteiger partial charge in [-0.15, -0.1) is 0 Å². The monoisotopic (exact) mass is 587 g/mol. The van der Waals surface area contributed by atoms with E-state index in [0.717, 1.165) is 12.1 Å². The molecule has 39 heavy (non-hydrogen) atoms. The summed E-state index contributed by atoms with van der Waals surface area (Å²) in [6.45, 7) is 3.45. The fourth-order valence-electron chi connectivity index (χ4n) is 4.88. The van der Waals surface area contributed by atoms with Gasteiger partial charge < -0.3 is 19.6 Å². The maximum absolute atomic E-state index is 13.1. The van der Waals surface area contributed by atoms with Crippen LogP contribution in [0, 0.1) is 0 Å². The number of hydrogen-bond acceptors (Lipinski definition) is 5. The second kappa shape index (κ2) is 12.0. The molecule has 0 radical (unpaired) electrons. The lowest BCUT2D eigenvalue weighted by atomic mass is 9.91. The summed E-state index contributed by atoms with van der Waals surface area (Å²) in [6, 6.07) is 9.52. The van der Waals surface area contributed by atoms with Gasteiger partial charge in [-0.2, -0.15) is 26.7 Å². The van der Waals surface area contributed by atoms with Gasteiger partial charge in [0.15, 0.2) is 5.60 Å². The van der Waals surface area contributed by atoms with Gasteiger partial charge in [0.2, 0.25) is 0 Å². The number of alkyl halides is 3. The number of rotatable bonds is 6. The summed E-state index contributed by atoms with van der Waals surface area (Å²) in [7, 11) is 3.32. The van der Waals surface area contributed by atoms with Crippen LogP contribution in [0.3, 0.4) is 0 Å². The molecule has 0 saturated carbocycles. The summed E-state index contributed by atoms with van der Waals surface area (Å²) in [5.41, 5.74) is -2.64. The fraction of sp³-hybridized carbons (Fsp3) is 0.481. The summed E-state index contributed by atoms with van der Waals surface area (Å²) in [5.74, 6) is -0.196. The SMILES string of the molecule is CN(C)C(=O)c1ccc(OC2CN(C3CCN(C(=O)[C@@](C)(O)c4cccc(C(F)(F)F)c4)CC3)C2)cc1Cl.S. The number of likely N-dealkylation sites (tertiary alicyclic amines) is 2. The lowest BCUT2D eigenvalue weighted by Crippen LogP contribution is -2.60. The molecule has 7 nitrogen and oxygen atoms in total. The van der Waals surface area contributed by atoms with Crippen molar-refractivity contribution in [2.45, 2.75) is 43.7 Å². The summed E-state index contributed by atoms with van der Waals surface area (Å²) in [6.07, 6.45) is -3.22. The predicted octanol–water partition coefficient (Wildman–Crippen LogP) is 4.14. The van der Waals surface area contributed by atoms with Crippen molar-refractivity contribution in [3.05, 3.63) is 64.2 Å². The second-order valence-electron chi connectivity index (χ2n) is 10.2. The van der Waals surface area contributed by atoms with Gasteiger partial charge in [0.05, 0.1) is 16.1 Å². The minimum Gasteiger partial charge on any atom is -0.488 e. The molecule has 2 aromatic rings. The number of piperidine rings is 1. The highest BCUT2D eigenvalue weighted by molar-refractivity contribution is 7.59. The Hall–Kier alpha value is -2.47. The van der Waals surface area contributed by atoms with Crippen molar-refractivity contribution in [3.8, 4) is 5.75 Å². The van der Waals surface area contributed by atoms with Crippen LogP contribution in [-0.4, -0.2) is 84.0 Å². The van der Waals surface area contributed by atoms with Crippen LogP contribution in [0.25, 0.3) is 0 Å². The lowest BCUT2D eigenvalue weighted by Gasteiger charge is -2.47. The molecule has 2 amide bonds. The summed E-state index contributed by atoms with van der Waals surface area (Å²) < 4.78 is 45.3. The Morgan fingerprint density at radius 3 is 2.23 bits per heavy atom. The van der Waals surface area contributed by atoms with Gasteiger partial charge in [-0.25, -0.2) is 0 Å². The van der Waals surface area contributed by atoms with Crippen LogP contribution in [0.2, 0.25) is 5.02 Å². The molecule has 1 atom stereocenters. The maximum atomic E-state index is 13.1. The molecule has 214 valence electrons. The van der Waals surface area contributed by atoms with E-state index in [0.29, 0.717) is 55.4 Å². The Labute approximate surface area is 237 Å². The number of ether oxygens (including phenoxy) is 1. The van der Waals surface area contributed by atoms with Crippen LogP contribution in [0.4, 0.5) is 13.2 Å². The third-order valence-corrected chi connectivity index (χ3v) is 7.51. The number of amides is 2. The summed E-state index contributed by atoms with van der Waals surface area (Å²) in [4.78, 5) is 30.4. The second-order valence-corrected chi connectivity index (χ2v) is 10.6. The van der Waals surface area contributed by atoms with Gasteiger partial charge in [-0.1, -0.05) is 23.7 Å². The lowest BCUT2D eigenvalue weighted by molar-refractivity contribution is -0.153. The zero-order chi connectivity index (χ0) is 27.8. The Balaban J connectivity index is 0.00000420. The first-order valence-corrected chi connectivity index (χ1v) is 12.8. The zero-order valence-corrected chi connectivity index (χ0v) is 23.7. The molecule has 12 heteroatoms. The number of hydrogen-bond donors (Lipinski definition) is 1. The van der Waals surface area contributed by atoms with E-state index in [4.69, 9.17) is 16.3 Å². The van der Waals surface area contributed by atoms with Crippen molar-refractivity contribution < 1.29 is 32.6 Å². The number of aliphatic hydroxyl groups is 1. The number of benzene rings is 2. The Bertz CT molecular complexity index is 1200. The van der Waals surface area contributed by atoms with Crippen LogP contribution in [0.5, 0.6) is 5.75 Å². The van der Waals surface area contributed by atoms with Crippen molar-refractivity contribution in [2.75, 3.05) is 40.3 Å². The quantitative estimate of drug-likeness (QED) is 0.550. The van der Waals surface area contributed by atoms with Crippen LogP contribution in [-0.2, 0) is 16.6 Å². The largest absolute Gasteiger partial charge is 0.488 e. The molecule has 2 aliphatic heterocycles. The summed E-state index contributed by atoms with van der Waals surface area (Å²) in [5, 5.41) is 11.2. The number of carbonyl (C=O) groups excluding carboxylic acids is 2. The molecular formula is C27H33ClF3N3O4S. The van der Waals surface area contributed by atoms with Crippen molar-refractivity contribution in [3.63, 3.8) is 0 Å². The first-order chi connectivity index (χ1) is 17.8. The van der Waals surface area contributed by atoms with E-state index < -0.39 is 23.2 Å². The minimum atomic E-state index is -4.56. The molecule has 0 aromatic heterocycles. The molecule has 0 spiro atoms. The fourth-order valence-corrected chi connectivity index (χ4v) is 5.13. The number of nitrogens with zero attached hydrogens (tertiary/aromatic N) is 3. The summed E-state index contributed by atoms with van der Waals surface area (Å²) >= 11 is 6.26. The molecular weight excluding hydrogens is 555 g/mol. The predicted molar refractivity (Wildman–Crippen MR) is 146 cm³/mol. The molecule has 0 unspecified atom stereocenters. The highest BCUT2D eigenvalue weighted by Gasteiger charge is 2.41. The van der Waals surface area contributed by atoms with E-state index in [1.165, 1.54) is 28.9 Å². The van der Waals surface area contributed by atoms with Crippen molar-refractivity contribution >= 4 is 36.9 Å². The highest BCUT2D eigenvalue weighted by Crippen LogP contribution is 2.34. The molecule has 2 saturated heterocycles. The van der Waals surface area contributed by atoms with Crippen LogP contribution in [0.15, 0.2) is 42.5 Å². The smallest absolute Gasteiger partial charge is 0.416 e. The third-order valence-electron chi connectivity index (χ3n) is 7.19. The van der Waals surface area contributed by atoms with Gasteiger partial charge >= 0.3 is 6.18 Å². The van der Waals surface area contributed by atoms with Gasteiger partial charge in [-0.05, 0) is 55.7 Å². The first-order valence-electron chi connectivity index (χ1n) is 12.4. The molecule has 1 N–H and O–H groups in total. The van der Waals surface area contributed by atoms with Gasteiger partial charge in [0.1, 0.15) is 11.9 Å². The van der Waals surface area contributed by atoms with E-state index in [9.17, 15) is 27.9 Å². The molecule has 0 bridgehead atoms. The van der Waals surface area contributed by atoms with Gasteiger partial charge in [0, 0.05) is 46.3 Å². The molecule has 2 aromatic carbocycles. The highest BCUT2D eigenvalue weighted by atomic mass is 35.5. The molecule has 2 aliphatic rings. The van der Waals surface area contributed by atoms with E-state index in [-0.39, 0.29) is 37.1 Å². The van der Waals surface area contributed by atoms with Crippen LogP contribution < -0.4 is 4.74 Å². The topological polar surface area (TPSA) is 73.3 Å². The molecule has 2 heterocycles. The van der Waals surface area contributed by atoms with E-state index in [1.807, 2.05) is 0 Å². The standard InChI is InChI=1S/C27H31ClF3N3O4.H2S/c1-26(37,17-5-4-6-18(13-17)27(29,30)31)25(36)33-11-9-19(10-12-33)34-15-21(16-34)38-20-7-8-22(23(28)14-20)24(35)32(2)3;/h4-8,13-14,19,21,37H,9-12,15-16H2,1-3H3;1H2/t26-;/m0./s1. The normalized spacial score (nSPS) is 18.5. The van der Waals surface area contributed by atoms with E-state index >= 15 is 0 Å². The van der Waals surface area contributed by atoms with Crippen molar-refractivity contribution in [2.24, 2.45) is 0 Å². The Morgan fingerprint density at radius 2 is 1.67 bits per heavy atom. The van der Waals surface area contributed by atoms with E-state index in [2.05, 4.69) is 4.90 Å². The average molecular weight is 588 g/mol. The van der Waals surface area contributed by atoms with E-state index in [1.54, 1.807) is 32.3 Å². The maximum Gasteiger partial charge on any atom is 0.416 e.